The first kappa shape index (κ1) is 18.9. The summed E-state index contributed by atoms with van der Waals surface area (Å²) in [4.78, 5) is 26.8. The quantitative estimate of drug-likeness (QED) is 0.564. The fourth-order valence-corrected chi connectivity index (χ4v) is 3.36. The highest BCUT2D eigenvalue weighted by Gasteiger charge is 2.16. The Morgan fingerprint density at radius 3 is 2.81 bits per heavy atom. The Balaban J connectivity index is 1.66. The van der Waals surface area contributed by atoms with Crippen LogP contribution in [0.25, 0.3) is 11.0 Å². The van der Waals surface area contributed by atoms with Crippen LogP contribution < -0.4 is 15.7 Å². The number of nitrogens with zero attached hydrogens (tertiary/aromatic N) is 1. The molecule has 0 atom stereocenters. The molecule has 26 heavy (non-hydrogen) atoms. The van der Waals surface area contributed by atoms with Gasteiger partial charge in [-0.05, 0) is 31.2 Å². The molecule has 1 saturated heterocycles. The average Bonchev–Trinajstić information content (AvgIpc) is 2.65. The van der Waals surface area contributed by atoms with Gasteiger partial charge in [-0.15, -0.1) is 0 Å². The fraction of sp³-hybridized carbons (Fsp3) is 0.444. The van der Waals surface area contributed by atoms with Crippen LogP contribution in [0.15, 0.2) is 31.9 Å². The van der Waals surface area contributed by atoms with Gasteiger partial charge in [0.05, 0.1) is 20.3 Å². The van der Waals surface area contributed by atoms with Crippen LogP contribution in [0, 0.1) is 0 Å². The third-order valence-electron chi connectivity index (χ3n) is 4.27. The molecule has 140 valence electrons. The predicted octanol–water partition coefficient (Wildman–Crippen LogP) is 2.02. The molecule has 2 aromatic rings. The number of halogens is 1. The van der Waals surface area contributed by atoms with Gasteiger partial charge in [0.1, 0.15) is 5.56 Å². The van der Waals surface area contributed by atoms with Crippen LogP contribution in [-0.4, -0.2) is 57.3 Å². The van der Waals surface area contributed by atoms with Gasteiger partial charge in [-0.1, -0.05) is 15.9 Å². The summed E-state index contributed by atoms with van der Waals surface area (Å²) >= 11 is 3.38. The summed E-state index contributed by atoms with van der Waals surface area (Å²) in [6, 6.07) is 5.01. The Morgan fingerprint density at radius 2 is 2.08 bits per heavy atom. The third kappa shape index (κ3) is 4.44. The minimum Gasteiger partial charge on any atom is -0.493 e. The molecule has 7 nitrogen and oxygen atoms in total. The van der Waals surface area contributed by atoms with Crippen LogP contribution in [0.4, 0.5) is 0 Å². The maximum Gasteiger partial charge on any atom is 0.349 e. The summed E-state index contributed by atoms with van der Waals surface area (Å²) in [6.45, 7) is 4.72. The largest absolute Gasteiger partial charge is 0.493 e. The van der Waals surface area contributed by atoms with Gasteiger partial charge in [-0.3, -0.25) is 9.69 Å². The molecule has 3 rings (SSSR count). The standard InChI is InChI=1S/C18H21BrN2O5/c1-24-15-11-13(19)9-12-10-14(18(23)26-16(12)15)17(22)20-3-2-4-21-5-7-25-8-6-21/h9-11H,2-8H2,1H3,(H,20,22). The van der Waals surface area contributed by atoms with Gasteiger partial charge in [0, 0.05) is 29.5 Å². The van der Waals surface area contributed by atoms with E-state index in [0.29, 0.717) is 23.3 Å². The molecule has 1 amide bonds. The number of hydrogen-bond donors (Lipinski definition) is 1. The van der Waals surface area contributed by atoms with Crippen molar-refractivity contribution in [2.75, 3.05) is 46.5 Å². The molecule has 1 aromatic carbocycles. The van der Waals surface area contributed by atoms with Crippen LogP contribution in [0.2, 0.25) is 0 Å². The number of hydrogen-bond acceptors (Lipinski definition) is 6. The molecule has 0 aliphatic carbocycles. The summed E-state index contributed by atoms with van der Waals surface area (Å²) in [6.07, 6.45) is 0.810. The second kappa shape index (κ2) is 8.66. The number of rotatable bonds is 6. The van der Waals surface area contributed by atoms with Gasteiger partial charge in [-0.25, -0.2) is 4.79 Å². The number of amides is 1. The zero-order chi connectivity index (χ0) is 18.5. The highest BCUT2D eigenvalue weighted by atomic mass is 79.9. The van der Waals surface area contributed by atoms with E-state index in [1.54, 1.807) is 12.1 Å². The minimum atomic E-state index is -0.677. The molecule has 1 aliphatic heterocycles. The Bertz CT molecular complexity index is 845. The van der Waals surface area contributed by atoms with E-state index >= 15 is 0 Å². The predicted molar refractivity (Wildman–Crippen MR) is 101 cm³/mol. The van der Waals surface area contributed by atoms with Gasteiger partial charge in [0.15, 0.2) is 11.3 Å². The molecule has 1 fully saturated rings. The molecule has 0 saturated carbocycles. The first-order chi connectivity index (χ1) is 12.6. The number of nitrogens with one attached hydrogen (secondary N) is 1. The number of morpholine rings is 1. The zero-order valence-corrected chi connectivity index (χ0v) is 16.1. The highest BCUT2D eigenvalue weighted by Crippen LogP contribution is 2.29. The van der Waals surface area contributed by atoms with E-state index < -0.39 is 11.5 Å². The van der Waals surface area contributed by atoms with Gasteiger partial charge in [0.25, 0.3) is 5.91 Å². The van der Waals surface area contributed by atoms with Crippen molar-refractivity contribution >= 4 is 32.8 Å². The molecular weight excluding hydrogens is 404 g/mol. The van der Waals surface area contributed by atoms with E-state index in [4.69, 9.17) is 13.9 Å². The number of carbonyl (C=O) groups is 1. The lowest BCUT2D eigenvalue weighted by atomic mass is 10.1. The van der Waals surface area contributed by atoms with Crippen molar-refractivity contribution in [1.82, 2.24) is 10.2 Å². The molecule has 1 N–H and O–H groups in total. The van der Waals surface area contributed by atoms with Crippen molar-refractivity contribution in [1.29, 1.82) is 0 Å². The second-order valence-corrected chi connectivity index (χ2v) is 6.95. The lowest BCUT2D eigenvalue weighted by Crippen LogP contribution is -2.38. The number of carbonyl (C=O) groups excluding carboxylic acids is 1. The second-order valence-electron chi connectivity index (χ2n) is 6.04. The van der Waals surface area contributed by atoms with E-state index in [2.05, 4.69) is 26.1 Å². The number of benzene rings is 1. The van der Waals surface area contributed by atoms with E-state index in [-0.39, 0.29) is 5.56 Å². The Morgan fingerprint density at radius 1 is 1.31 bits per heavy atom. The number of methoxy groups -OCH3 is 1. The molecular formula is C18H21BrN2O5. The third-order valence-corrected chi connectivity index (χ3v) is 4.73. The lowest BCUT2D eigenvalue weighted by Gasteiger charge is -2.26. The van der Waals surface area contributed by atoms with Crippen molar-refractivity contribution < 1.29 is 18.7 Å². The molecule has 0 bridgehead atoms. The molecule has 1 aliphatic rings. The van der Waals surface area contributed by atoms with Gasteiger partial charge in [0.2, 0.25) is 0 Å². The molecule has 0 spiro atoms. The molecule has 1 aromatic heterocycles. The summed E-state index contributed by atoms with van der Waals surface area (Å²) in [7, 11) is 1.50. The van der Waals surface area contributed by atoms with Crippen molar-refractivity contribution in [3.8, 4) is 5.75 Å². The van der Waals surface area contributed by atoms with E-state index in [0.717, 1.165) is 43.7 Å². The summed E-state index contributed by atoms with van der Waals surface area (Å²) in [5.74, 6) is 0.00511. The van der Waals surface area contributed by atoms with Gasteiger partial charge in [-0.2, -0.15) is 0 Å². The Kier molecular flexibility index (Phi) is 6.29. The van der Waals surface area contributed by atoms with Crippen molar-refractivity contribution in [2.24, 2.45) is 0 Å². The van der Waals surface area contributed by atoms with Crippen LogP contribution in [0.3, 0.4) is 0 Å². The topological polar surface area (TPSA) is 81.0 Å². The van der Waals surface area contributed by atoms with Crippen LogP contribution in [0.1, 0.15) is 16.8 Å². The van der Waals surface area contributed by atoms with Crippen LogP contribution in [-0.2, 0) is 4.74 Å². The Hall–Kier alpha value is -1.90. The summed E-state index contributed by atoms with van der Waals surface area (Å²) < 4.78 is 16.6. The summed E-state index contributed by atoms with van der Waals surface area (Å²) in [5.41, 5.74) is -0.364. The normalized spacial score (nSPS) is 15.2. The maximum absolute atomic E-state index is 12.4. The van der Waals surface area contributed by atoms with Gasteiger partial charge >= 0.3 is 5.63 Å². The minimum absolute atomic E-state index is 0.0102. The average molecular weight is 425 g/mol. The van der Waals surface area contributed by atoms with Crippen LogP contribution in [0.5, 0.6) is 5.75 Å². The van der Waals surface area contributed by atoms with Crippen molar-refractivity contribution in [3.63, 3.8) is 0 Å². The number of fused-ring (bicyclic) bond motifs is 1. The highest BCUT2D eigenvalue weighted by molar-refractivity contribution is 9.10. The maximum atomic E-state index is 12.4. The lowest BCUT2D eigenvalue weighted by molar-refractivity contribution is 0.0374. The Labute approximate surface area is 159 Å². The first-order valence-electron chi connectivity index (χ1n) is 8.48. The van der Waals surface area contributed by atoms with Crippen molar-refractivity contribution in [2.45, 2.75) is 6.42 Å². The van der Waals surface area contributed by atoms with E-state index in [9.17, 15) is 9.59 Å². The van der Waals surface area contributed by atoms with Crippen LogP contribution >= 0.6 is 15.9 Å². The molecule has 0 radical (unpaired) electrons. The molecule has 2 heterocycles. The smallest absolute Gasteiger partial charge is 0.349 e. The van der Waals surface area contributed by atoms with E-state index in [1.807, 2.05) is 0 Å². The zero-order valence-electron chi connectivity index (χ0n) is 14.5. The number of ether oxygens (including phenoxy) is 2. The monoisotopic (exact) mass is 424 g/mol. The van der Waals surface area contributed by atoms with Crippen molar-refractivity contribution in [3.05, 3.63) is 38.7 Å². The first-order valence-corrected chi connectivity index (χ1v) is 9.27. The molecule has 0 unspecified atom stereocenters. The molecule has 8 heteroatoms. The van der Waals surface area contributed by atoms with E-state index in [1.165, 1.54) is 13.2 Å². The summed E-state index contributed by atoms with van der Waals surface area (Å²) in [5, 5.41) is 3.41. The fourth-order valence-electron chi connectivity index (χ4n) is 2.90. The van der Waals surface area contributed by atoms with Gasteiger partial charge < -0.3 is 19.2 Å². The SMILES string of the molecule is COc1cc(Br)cc2cc(C(=O)NCCCN3CCOCC3)c(=O)oc12.